The molecule has 0 atom stereocenters. The first kappa shape index (κ1) is 26.9. The molecule has 0 fully saturated rings. The highest BCUT2D eigenvalue weighted by Crippen LogP contribution is 2.35. The fourth-order valence-corrected chi connectivity index (χ4v) is 5.61. The van der Waals surface area contributed by atoms with Crippen LogP contribution in [0.2, 0.25) is 0 Å². The molecule has 3 aromatic carbocycles. The molecule has 5 aromatic rings. The molecule has 0 unspecified atom stereocenters. The van der Waals surface area contributed by atoms with E-state index >= 15 is 0 Å². The summed E-state index contributed by atoms with van der Waals surface area (Å²) in [6, 6.07) is 23.0. The quantitative estimate of drug-likeness (QED) is 0.136. The van der Waals surface area contributed by atoms with Crippen molar-refractivity contribution in [2.45, 2.75) is 58.8 Å². The van der Waals surface area contributed by atoms with Crippen LogP contribution < -0.4 is 4.74 Å². The Morgan fingerprint density at radius 2 is 1.74 bits per heavy atom. The SMILES string of the molecule is CCCc1cccc(Cc2nnnn2SCCCCOc2ccc3c(-c4ccccc4)noc3c2CCC)c1. The van der Waals surface area contributed by atoms with Crippen molar-refractivity contribution in [2.75, 3.05) is 12.4 Å². The first-order valence-electron chi connectivity index (χ1n) is 13.8. The van der Waals surface area contributed by atoms with Gasteiger partial charge in [-0.05, 0) is 71.3 Å². The number of tetrazole rings is 1. The van der Waals surface area contributed by atoms with Gasteiger partial charge in [0.1, 0.15) is 11.4 Å². The van der Waals surface area contributed by atoms with Crippen LogP contribution in [0.5, 0.6) is 5.75 Å². The smallest absolute Gasteiger partial charge is 0.174 e. The number of ether oxygens (including phenoxy) is 1. The van der Waals surface area contributed by atoms with E-state index in [2.05, 4.69) is 83.1 Å². The summed E-state index contributed by atoms with van der Waals surface area (Å²) in [5.41, 5.74) is 6.47. The second-order valence-corrected chi connectivity index (χ2v) is 10.7. The first-order chi connectivity index (χ1) is 19.3. The van der Waals surface area contributed by atoms with Gasteiger partial charge in [0.15, 0.2) is 11.4 Å². The number of aromatic nitrogens is 5. The molecule has 0 aliphatic carbocycles. The van der Waals surface area contributed by atoms with Crippen molar-refractivity contribution in [1.82, 2.24) is 24.8 Å². The zero-order chi connectivity index (χ0) is 26.9. The van der Waals surface area contributed by atoms with Crippen molar-refractivity contribution >= 4 is 22.9 Å². The van der Waals surface area contributed by atoms with E-state index < -0.39 is 0 Å². The van der Waals surface area contributed by atoms with Crippen LogP contribution in [0.4, 0.5) is 0 Å². The van der Waals surface area contributed by atoms with Gasteiger partial charge < -0.3 is 9.26 Å². The maximum Gasteiger partial charge on any atom is 0.174 e. The Morgan fingerprint density at radius 3 is 2.59 bits per heavy atom. The van der Waals surface area contributed by atoms with E-state index in [-0.39, 0.29) is 0 Å². The monoisotopic (exact) mass is 541 g/mol. The molecule has 0 aliphatic rings. The highest BCUT2D eigenvalue weighted by atomic mass is 32.2. The molecule has 0 radical (unpaired) electrons. The fourth-order valence-electron chi connectivity index (χ4n) is 4.77. The van der Waals surface area contributed by atoms with Gasteiger partial charge in [-0.3, -0.25) is 0 Å². The molecule has 0 saturated carbocycles. The highest BCUT2D eigenvalue weighted by Gasteiger charge is 2.17. The van der Waals surface area contributed by atoms with Gasteiger partial charge in [0.25, 0.3) is 0 Å². The van der Waals surface area contributed by atoms with Crippen LogP contribution in [0.1, 0.15) is 62.0 Å². The maximum absolute atomic E-state index is 6.24. The lowest BCUT2D eigenvalue weighted by atomic mass is 10.0. The predicted octanol–water partition coefficient (Wildman–Crippen LogP) is 7.33. The number of benzene rings is 3. The molecule has 0 spiro atoms. The van der Waals surface area contributed by atoms with E-state index in [0.717, 1.165) is 90.1 Å². The lowest BCUT2D eigenvalue weighted by molar-refractivity contribution is 0.306. The van der Waals surface area contributed by atoms with Crippen LogP contribution in [0.3, 0.4) is 0 Å². The Hall–Kier alpha value is -3.65. The molecule has 7 nitrogen and oxygen atoms in total. The molecule has 2 heterocycles. The van der Waals surface area contributed by atoms with Crippen molar-refractivity contribution in [3.8, 4) is 17.0 Å². The van der Waals surface area contributed by atoms with Crippen molar-refractivity contribution in [3.63, 3.8) is 0 Å². The Labute approximate surface area is 234 Å². The van der Waals surface area contributed by atoms with Gasteiger partial charge in [0, 0.05) is 23.3 Å². The minimum absolute atomic E-state index is 0.648. The molecule has 0 N–H and O–H groups in total. The van der Waals surface area contributed by atoms with Crippen molar-refractivity contribution < 1.29 is 9.26 Å². The molecular formula is C31H35N5O2S. The molecule has 2 aromatic heterocycles. The van der Waals surface area contributed by atoms with Crippen LogP contribution >= 0.6 is 11.9 Å². The average Bonchev–Trinajstić information content (AvgIpc) is 3.59. The number of hydrogen-bond donors (Lipinski definition) is 0. The Bertz CT molecular complexity index is 1480. The highest BCUT2D eigenvalue weighted by molar-refractivity contribution is 7.97. The number of rotatable bonds is 14. The van der Waals surface area contributed by atoms with Crippen molar-refractivity contribution in [3.05, 3.63) is 89.2 Å². The summed E-state index contributed by atoms with van der Waals surface area (Å²) in [7, 11) is 0. The summed E-state index contributed by atoms with van der Waals surface area (Å²) in [6.07, 6.45) is 6.80. The standard InChI is InChI=1S/C31H35N5O2S/c1-3-11-23-13-10-14-24(21-23)22-29-32-34-35-36(29)39-20-9-8-19-37-28-18-17-27-30(25-15-6-5-7-16-25)33-38-31(27)26(28)12-4-2/h5-7,10,13-18,21H,3-4,8-9,11-12,19-20,22H2,1-2H3. The molecule has 0 aliphatic heterocycles. The Balaban J connectivity index is 1.14. The third-order valence-corrected chi connectivity index (χ3v) is 7.65. The molecule has 0 amide bonds. The summed E-state index contributed by atoms with van der Waals surface area (Å²) in [5.74, 6) is 2.69. The normalized spacial score (nSPS) is 11.3. The second kappa shape index (κ2) is 13.4. The Morgan fingerprint density at radius 1 is 0.897 bits per heavy atom. The van der Waals surface area contributed by atoms with E-state index in [9.17, 15) is 0 Å². The molecule has 39 heavy (non-hydrogen) atoms. The van der Waals surface area contributed by atoms with E-state index in [0.29, 0.717) is 6.61 Å². The van der Waals surface area contributed by atoms with Gasteiger partial charge in [-0.2, -0.15) is 4.09 Å². The summed E-state index contributed by atoms with van der Waals surface area (Å²) in [5, 5.41) is 17.8. The molecule has 202 valence electrons. The third kappa shape index (κ3) is 6.68. The number of fused-ring (bicyclic) bond motifs is 1. The molecule has 5 rings (SSSR count). The molecule has 0 saturated heterocycles. The largest absolute Gasteiger partial charge is 0.493 e. The van der Waals surface area contributed by atoms with Crippen LogP contribution in [0, 0.1) is 0 Å². The number of nitrogens with zero attached hydrogens (tertiary/aromatic N) is 5. The first-order valence-corrected chi connectivity index (χ1v) is 14.8. The third-order valence-electron chi connectivity index (χ3n) is 6.65. The molecular weight excluding hydrogens is 506 g/mol. The number of hydrogen-bond acceptors (Lipinski definition) is 7. The van der Waals surface area contributed by atoms with Crippen molar-refractivity contribution in [2.24, 2.45) is 0 Å². The maximum atomic E-state index is 6.24. The summed E-state index contributed by atoms with van der Waals surface area (Å²) in [4.78, 5) is 0. The van der Waals surface area contributed by atoms with Gasteiger partial charge in [0.2, 0.25) is 0 Å². The van der Waals surface area contributed by atoms with E-state index in [1.54, 1.807) is 11.9 Å². The molecule has 0 bridgehead atoms. The van der Waals surface area contributed by atoms with Crippen LogP contribution in [0.15, 0.2) is 71.3 Å². The van der Waals surface area contributed by atoms with Crippen LogP contribution in [-0.2, 0) is 19.3 Å². The summed E-state index contributed by atoms with van der Waals surface area (Å²) < 4.78 is 13.9. The van der Waals surface area contributed by atoms with Gasteiger partial charge in [-0.15, -0.1) is 5.10 Å². The van der Waals surface area contributed by atoms with Crippen LogP contribution in [-0.4, -0.2) is 37.1 Å². The van der Waals surface area contributed by atoms with Gasteiger partial charge >= 0.3 is 0 Å². The zero-order valence-corrected chi connectivity index (χ0v) is 23.5. The van der Waals surface area contributed by atoms with E-state index in [1.165, 1.54) is 11.1 Å². The minimum Gasteiger partial charge on any atom is -0.493 e. The second-order valence-electron chi connectivity index (χ2n) is 9.67. The molecule has 8 heteroatoms. The van der Waals surface area contributed by atoms with Gasteiger partial charge in [0.05, 0.1) is 12.0 Å². The number of unbranched alkanes of at least 4 members (excludes halogenated alkanes) is 1. The number of aryl methyl sites for hydroxylation is 2. The van der Waals surface area contributed by atoms with Crippen LogP contribution in [0.25, 0.3) is 22.2 Å². The van der Waals surface area contributed by atoms with E-state index in [1.807, 2.05) is 22.3 Å². The fraction of sp³-hybridized carbons (Fsp3) is 0.355. The zero-order valence-electron chi connectivity index (χ0n) is 22.7. The average molecular weight is 542 g/mol. The lowest BCUT2D eigenvalue weighted by Crippen LogP contribution is -2.03. The minimum atomic E-state index is 0.648. The van der Waals surface area contributed by atoms with Crippen molar-refractivity contribution in [1.29, 1.82) is 0 Å². The predicted molar refractivity (Wildman–Crippen MR) is 157 cm³/mol. The summed E-state index contributed by atoms with van der Waals surface area (Å²) >= 11 is 1.65. The van der Waals surface area contributed by atoms with Gasteiger partial charge in [-0.1, -0.05) is 86.4 Å². The van der Waals surface area contributed by atoms with Gasteiger partial charge in [-0.25, -0.2) is 0 Å². The Kier molecular flexibility index (Phi) is 9.27. The van der Waals surface area contributed by atoms with E-state index in [4.69, 9.17) is 9.26 Å². The summed E-state index contributed by atoms with van der Waals surface area (Å²) in [6.45, 7) is 5.02. The lowest BCUT2D eigenvalue weighted by Gasteiger charge is -2.11. The topological polar surface area (TPSA) is 78.9 Å².